The average Bonchev–Trinajstić information content (AvgIpc) is 2.77. The molecule has 0 saturated carbocycles. The molecule has 5 nitrogen and oxygen atoms in total. The van der Waals surface area contributed by atoms with E-state index in [9.17, 15) is 4.79 Å². The van der Waals surface area contributed by atoms with Gasteiger partial charge in [-0.1, -0.05) is 0 Å². The number of pyridine rings is 1. The zero-order valence-electron chi connectivity index (χ0n) is 9.20. The van der Waals surface area contributed by atoms with E-state index in [1.165, 1.54) is 24.0 Å². The van der Waals surface area contributed by atoms with E-state index in [1.807, 2.05) is 17.7 Å². The maximum atomic E-state index is 10.7. The fourth-order valence-electron chi connectivity index (χ4n) is 1.30. The Morgan fingerprint density at radius 2 is 2.29 bits per heavy atom. The van der Waals surface area contributed by atoms with Gasteiger partial charge in [-0.15, -0.1) is 0 Å². The molecule has 2 heterocycles. The van der Waals surface area contributed by atoms with Gasteiger partial charge in [0.2, 0.25) is 0 Å². The summed E-state index contributed by atoms with van der Waals surface area (Å²) in [6.07, 6.45) is 4.98. The van der Waals surface area contributed by atoms with E-state index in [1.54, 1.807) is 12.3 Å². The molecule has 0 radical (unpaired) electrons. The van der Waals surface area contributed by atoms with Gasteiger partial charge in [-0.05, 0) is 30.8 Å². The molecular formula is C11H11N3O2S. The summed E-state index contributed by atoms with van der Waals surface area (Å²) >= 11 is 1.41. The zero-order valence-corrected chi connectivity index (χ0v) is 10.0. The lowest BCUT2D eigenvalue weighted by Gasteiger charge is -2.03. The zero-order chi connectivity index (χ0) is 12.3. The summed E-state index contributed by atoms with van der Waals surface area (Å²) in [7, 11) is 0. The number of aromatic nitrogens is 3. The third-order valence-corrected chi connectivity index (χ3v) is 3.17. The fourth-order valence-corrected chi connectivity index (χ4v) is 2.15. The second-order valence-electron chi connectivity index (χ2n) is 3.29. The van der Waals surface area contributed by atoms with Crippen LogP contribution in [0.5, 0.6) is 0 Å². The van der Waals surface area contributed by atoms with Crippen LogP contribution in [0.4, 0.5) is 0 Å². The van der Waals surface area contributed by atoms with Gasteiger partial charge in [0, 0.05) is 25.1 Å². The van der Waals surface area contributed by atoms with Crippen molar-refractivity contribution >= 4 is 17.7 Å². The third-order valence-electron chi connectivity index (χ3n) is 2.20. The van der Waals surface area contributed by atoms with Crippen LogP contribution < -0.4 is 0 Å². The number of aromatic carboxylic acids is 1. The van der Waals surface area contributed by atoms with Crippen LogP contribution in [0.2, 0.25) is 0 Å². The minimum absolute atomic E-state index is 0.188. The first-order valence-corrected chi connectivity index (χ1v) is 5.90. The molecule has 6 heteroatoms. The van der Waals surface area contributed by atoms with Gasteiger partial charge in [0.25, 0.3) is 0 Å². The van der Waals surface area contributed by atoms with E-state index in [2.05, 4.69) is 9.97 Å². The van der Waals surface area contributed by atoms with Crippen molar-refractivity contribution in [2.24, 2.45) is 0 Å². The fraction of sp³-hybridized carbons (Fsp3) is 0.182. The van der Waals surface area contributed by atoms with Crippen molar-refractivity contribution in [1.29, 1.82) is 0 Å². The molecule has 0 fully saturated rings. The second-order valence-corrected chi connectivity index (χ2v) is 4.28. The van der Waals surface area contributed by atoms with E-state index in [4.69, 9.17) is 5.11 Å². The van der Waals surface area contributed by atoms with Crippen LogP contribution in [0.25, 0.3) is 0 Å². The number of carbonyl (C=O) groups is 1. The van der Waals surface area contributed by atoms with E-state index >= 15 is 0 Å². The smallest absolute Gasteiger partial charge is 0.337 e. The lowest BCUT2D eigenvalue weighted by molar-refractivity contribution is 0.0696. The summed E-state index contributed by atoms with van der Waals surface area (Å²) in [5, 5.41) is 10.3. The number of hydrogen-bond donors (Lipinski definition) is 1. The predicted molar refractivity (Wildman–Crippen MR) is 63.2 cm³/mol. The summed E-state index contributed by atoms with van der Waals surface area (Å²) in [5.41, 5.74) is 0.188. The molecule has 0 spiro atoms. The largest absolute Gasteiger partial charge is 0.478 e. The van der Waals surface area contributed by atoms with Crippen LogP contribution in [0.3, 0.4) is 0 Å². The molecule has 0 aliphatic rings. The van der Waals surface area contributed by atoms with E-state index in [-0.39, 0.29) is 5.56 Å². The van der Waals surface area contributed by atoms with Gasteiger partial charge in [-0.25, -0.2) is 14.8 Å². The number of rotatable bonds is 4. The molecule has 88 valence electrons. The van der Waals surface area contributed by atoms with Crippen LogP contribution in [-0.2, 0) is 6.54 Å². The van der Waals surface area contributed by atoms with Crippen LogP contribution in [0.1, 0.15) is 17.3 Å². The summed E-state index contributed by atoms with van der Waals surface area (Å²) < 4.78 is 2.00. The molecule has 0 bridgehead atoms. The molecule has 0 amide bonds. The number of hydrogen-bond acceptors (Lipinski definition) is 4. The first-order valence-electron chi connectivity index (χ1n) is 5.09. The minimum Gasteiger partial charge on any atom is -0.478 e. The van der Waals surface area contributed by atoms with Crippen LogP contribution >= 0.6 is 11.8 Å². The Bertz CT molecular complexity index is 522. The van der Waals surface area contributed by atoms with Crippen LogP contribution in [0.15, 0.2) is 40.9 Å². The highest BCUT2D eigenvalue weighted by Gasteiger charge is 2.07. The van der Waals surface area contributed by atoms with E-state index < -0.39 is 5.97 Å². The first-order chi connectivity index (χ1) is 8.20. The van der Waals surface area contributed by atoms with E-state index in [0.717, 1.165) is 16.7 Å². The second kappa shape index (κ2) is 5.01. The Hall–Kier alpha value is -1.82. The number of nitrogens with zero attached hydrogens (tertiary/aromatic N) is 3. The Morgan fingerprint density at radius 3 is 2.88 bits per heavy atom. The maximum Gasteiger partial charge on any atom is 0.337 e. The Kier molecular flexibility index (Phi) is 3.43. The topological polar surface area (TPSA) is 68.0 Å². The highest BCUT2D eigenvalue weighted by Crippen LogP contribution is 2.24. The Morgan fingerprint density at radius 1 is 1.47 bits per heavy atom. The lowest BCUT2D eigenvalue weighted by atomic mass is 10.3. The van der Waals surface area contributed by atoms with Gasteiger partial charge in [-0.3, -0.25) is 0 Å². The van der Waals surface area contributed by atoms with Crippen molar-refractivity contribution in [3.63, 3.8) is 0 Å². The van der Waals surface area contributed by atoms with Gasteiger partial charge in [0.05, 0.1) is 5.56 Å². The molecule has 0 saturated heterocycles. The van der Waals surface area contributed by atoms with Crippen LogP contribution in [-0.4, -0.2) is 25.6 Å². The van der Waals surface area contributed by atoms with Crippen molar-refractivity contribution in [2.45, 2.75) is 23.7 Å². The van der Waals surface area contributed by atoms with E-state index in [0.29, 0.717) is 0 Å². The summed E-state index contributed by atoms with van der Waals surface area (Å²) in [6, 6.07) is 3.22. The molecule has 0 aliphatic heterocycles. The van der Waals surface area contributed by atoms with Crippen molar-refractivity contribution in [2.75, 3.05) is 0 Å². The van der Waals surface area contributed by atoms with Gasteiger partial charge in [0.1, 0.15) is 5.03 Å². The summed E-state index contributed by atoms with van der Waals surface area (Å²) in [6.45, 7) is 2.88. The highest BCUT2D eigenvalue weighted by atomic mass is 32.2. The monoisotopic (exact) mass is 249 g/mol. The molecule has 2 rings (SSSR count). The van der Waals surface area contributed by atoms with Crippen molar-refractivity contribution in [1.82, 2.24) is 14.5 Å². The van der Waals surface area contributed by atoms with Crippen molar-refractivity contribution in [3.8, 4) is 0 Å². The summed E-state index contributed by atoms with van der Waals surface area (Å²) in [5.74, 6) is -0.968. The Balaban J connectivity index is 2.16. The number of aryl methyl sites for hydroxylation is 1. The minimum atomic E-state index is -0.968. The maximum absolute atomic E-state index is 10.7. The molecular weight excluding hydrogens is 238 g/mol. The lowest BCUT2D eigenvalue weighted by Crippen LogP contribution is -1.98. The average molecular weight is 249 g/mol. The molecule has 17 heavy (non-hydrogen) atoms. The van der Waals surface area contributed by atoms with Crippen LogP contribution in [0, 0.1) is 0 Å². The SMILES string of the molecule is CCn1ccnc1Sc1ccc(C(=O)O)cn1. The highest BCUT2D eigenvalue weighted by molar-refractivity contribution is 7.99. The van der Waals surface area contributed by atoms with Gasteiger partial charge in [-0.2, -0.15) is 0 Å². The first kappa shape index (κ1) is 11.7. The molecule has 0 aliphatic carbocycles. The van der Waals surface area contributed by atoms with Gasteiger partial charge in [0.15, 0.2) is 5.16 Å². The predicted octanol–water partition coefficient (Wildman–Crippen LogP) is 2.15. The Labute approximate surface area is 103 Å². The molecule has 2 aromatic heterocycles. The normalized spacial score (nSPS) is 10.4. The quantitative estimate of drug-likeness (QED) is 0.899. The molecule has 1 N–H and O–H groups in total. The van der Waals surface area contributed by atoms with Crippen molar-refractivity contribution < 1.29 is 9.90 Å². The molecule has 0 unspecified atom stereocenters. The van der Waals surface area contributed by atoms with Crippen molar-refractivity contribution in [3.05, 3.63) is 36.3 Å². The standard InChI is InChI=1S/C11H11N3O2S/c1-2-14-6-5-12-11(14)17-9-4-3-8(7-13-9)10(15)16/h3-7H,2H2,1H3,(H,15,16). The molecule has 2 aromatic rings. The molecule has 0 aromatic carbocycles. The number of carboxylic acids is 1. The van der Waals surface area contributed by atoms with Gasteiger partial charge < -0.3 is 9.67 Å². The number of carboxylic acid groups (broad SMARTS) is 1. The van der Waals surface area contributed by atoms with Gasteiger partial charge >= 0.3 is 5.97 Å². The third kappa shape index (κ3) is 2.65. The summed E-state index contributed by atoms with van der Waals surface area (Å²) in [4.78, 5) is 19.0. The number of imidazole rings is 1. The molecule has 0 atom stereocenters.